The summed E-state index contributed by atoms with van der Waals surface area (Å²) in [5.74, 6) is -2.22. The second-order valence-corrected chi connectivity index (χ2v) is 8.04. The third-order valence-electron chi connectivity index (χ3n) is 5.58. The van der Waals surface area contributed by atoms with Crippen molar-refractivity contribution in [2.75, 3.05) is 33.0 Å². The van der Waals surface area contributed by atoms with Crippen LogP contribution in [0.25, 0.3) is 0 Å². The molecule has 0 spiro atoms. The van der Waals surface area contributed by atoms with Crippen LogP contribution in [0.2, 0.25) is 0 Å². The van der Waals surface area contributed by atoms with Crippen LogP contribution >= 0.6 is 0 Å². The fraction of sp³-hybridized carbons (Fsp3) is 1.00. The number of aliphatic hydroxyl groups excluding tert-OH is 14. The Bertz CT molecular complexity index is 583. The van der Waals surface area contributed by atoms with E-state index in [0.717, 1.165) is 0 Å². The molecule has 0 radical (unpaired) electrons. The summed E-state index contributed by atoms with van der Waals surface area (Å²) in [7, 11) is 0. The highest BCUT2D eigenvalue weighted by atomic mass is 16.8. The lowest BCUT2D eigenvalue weighted by molar-refractivity contribution is -0.383. The van der Waals surface area contributed by atoms with Gasteiger partial charge >= 0.3 is 0 Å². The van der Waals surface area contributed by atoms with E-state index in [1.54, 1.807) is 0 Å². The van der Waals surface area contributed by atoms with Crippen LogP contribution in [-0.2, 0) is 14.2 Å². The van der Waals surface area contributed by atoms with Gasteiger partial charge in [-0.3, -0.25) is 0 Å². The Morgan fingerprint density at radius 1 is 0.657 bits per heavy atom. The minimum atomic E-state index is -2.22. The van der Waals surface area contributed by atoms with Gasteiger partial charge < -0.3 is 85.7 Å². The van der Waals surface area contributed by atoms with Gasteiger partial charge in [-0.15, -0.1) is 0 Å². The number of hydrogen-bond donors (Lipinski definition) is 14. The van der Waals surface area contributed by atoms with Crippen molar-refractivity contribution in [3.8, 4) is 0 Å². The van der Waals surface area contributed by atoms with Crippen LogP contribution in [0.4, 0.5) is 0 Å². The van der Waals surface area contributed by atoms with E-state index in [4.69, 9.17) is 55.1 Å². The van der Waals surface area contributed by atoms with Crippen molar-refractivity contribution >= 4 is 0 Å². The number of hydrogen-bond acceptors (Lipinski definition) is 17. The third-order valence-corrected chi connectivity index (χ3v) is 5.58. The van der Waals surface area contributed by atoms with E-state index in [1.165, 1.54) is 0 Å². The van der Waals surface area contributed by atoms with Crippen molar-refractivity contribution in [2.45, 2.75) is 79.2 Å². The van der Waals surface area contributed by atoms with Crippen molar-refractivity contribution in [3.05, 3.63) is 0 Å². The average Bonchev–Trinajstić information content (AvgIpc) is 3.12. The first kappa shape index (κ1) is 32.3. The van der Waals surface area contributed by atoms with Gasteiger partial charge in [0.05, 0.1) is 26.4 Å². The van der Waals surface area contributed by atoms with Crippen LogP contribution in [0.15, 0.2) is 0 Å². The highest BCUT2D eigenvalue weighted by molar-refractivity contribution is 4.98. The third kappa shape index (κ3) is 7.43. The second kappa shape index (κ2) is 14.3. The molecule has 0 unspecified atom stereocenters. The van der Waals surface area contributed by atoms with E-state index in [-0.39, 0.29) is 0 Å². The molecule has 35 heavy (non-hydrogen) atoms. The van der Waals surface area contributed by atoms with Crippen molar-refractivity contribution in [3.63, 3.8) is 0 Å². The maximum Gasteiger partial charge on any atom is 0.224 e. The predicted molar refractivity (Wildman–Crippen MR) is 107 cm³/mol. The normalized spacial score (nSPS) is 41.0. The highest BCUT2D eigenvalue weighted by Gasteiger charge is 2.58. The van der Waals surface area contributed by atoms with Gasteiger partial charge in [-0.25, -0.2) is 0 Å². The molecule has 0 amide bonds. The molecule has 17 nitrogen and oxygen atoms in total. The first-order chi connectivity index (χ1) is 16.3. The number of aliphatic hydroxyl groups is 14. The Morgan fingerprint density at radius 3 is 1.51 bits per heavy atom. The zero-order chi connectivity index (χ0) is 27.1. The van der Waals surface area contributed by atoms with E-state index in [9.17, 15) is 30.6 Å². The molecule has 14 N–H and O–H groups in total. The Labute approximate surface area is 198 Å². The highest BCUT2D eigenvalue weighted by Crippen LogP contribution is 2.35. The molecule has 17 heteroatoms. The van der Waals surface area contributed by atoms with E-state index in [2.05, 4.69) is 0 Å². The first-order valence-corrected chi connectivity index (χ1v) is 10.5. The van der Waals surface area contributed by atoms with Crippen LogP contribution in [0, 0.1) is 0 Å². The fourth-order valence-electron chi connectivity index (χ4n) is 3.30. The summed E-state index contributed by atoms with van der Waals surface area (Å²) >= 11 is 0. The number of ether oxygens (including phenoxy) is 3. The summed E-state index contributed by atoms with van der Waals surface area (Å²) in [4.78, 5) is 0. The van der Waals surface area contributed by atoms with Gasteiger partial charge in [0, 0.05) is 0 Å². The van der Waals surface area contributed by atoms with Crippen molar-refractivity contribution in [2.24, 2.45) is 0 Å². The quantitative estimate of drug-likeness (QED) is 0.126. The zero-order valence-electron chi connectivity index (χ0n) is 18.4. The first-order valence-electron chi connectivity index (χ1n) is 10.5. The molecule has 2 heterocycles. The molecule has 0 aromatic rings. The summed E-state index contributed by atoms with van der Waals surface area (Å²) in [5.41, 5.74) is 0. The Balaban J connectivity index is 0.000000434. The second-order valence-electron chi connectivity index (χ2n) is 8.04. The van der Waals surface area contributed by atoms with Gasteiger partial charge in [0.1, 0.15) is 73.8 Å². The van der Waals surface area contributed by atoms with Crippen LogP contribution in [-0.4, -0.2) is 184 Å². The van der Waals surface area contributed by atoms with Crippen molar-refractivity contribution < 1.29 is 85.7 Å². The summed E-state index contributed by atoms with van der Waals surface area (Å²) in [6.07, 6.45) is -19.0. The molecule has 13 atom stereocenters. The van der Waals surface area contributed by atoms with Crippen molar-refractivity contribution in [1.29, 1.82) is 0 Å². The molecular weight excluding hydrogens is 488 g/mol. The molecule has 0 bridgehead atoms. The zero-order valence-corrected chi connectivity index (χ0v) is 18.4. The smallest absolute Gasteiger partial charge is 0.224 e. The topological polar surface area (TPSA) is 311 Å². The van der Waals surface area contributed by atoms with Gasteiger partial charge in [0.2, 0.25) is 5.79 Å². The fourth-order valence-corrected chi connectivity index (χ4v) is 3.30. The minimum Gasteiger partial charge on any atom is -0.394 e. The van der Waals surface area contributed by atoms with Gasteiger partial charge in [-0.05, 0) is 0 Å². The van der Waals surface area contributed by atoms with E-state index < -0.39 is 112 Å². The van der Waals surface area contributed by atoms with Gasteiger partial charge in [-0.2, -0.15) is 0 Å². The molecule has 0 aromatic carbocycles. The lowest BCUT2D eigenvalue weighted by Gasteiger charge is -2.43. The largest absolute Gasteiger partial charge is 0.394 e. The van der Waals surface area contributed by atoms with Crippen LogP contribution in [0.1, 0.15) is 0 Å². The summed E-state index contributed by atoms with van der Waals surface area (Å²) < 4.78 is 15.4. The SMILES string of the molecule is OC[C@@H](O)[C@@H](O)[C@H](O)[C@@H](O)CO.OC[C@H]1O[C@@](CO)(O[C@H]2O[C@H](CO)[C@@H](O)[C@H](O)[C@H]2O)[C@@H](O)[C@@H]1O. The molecule has 210 valence electrons. The molecular formula is C18H36O17. The van der Waals surface area contributed by atoms with Crippen molar-refractivity contribution in [1.82, 2.24) is 0 Å². The maximum absolute atomic E-state index is 10.00. The summed E-state index contributed by atoms with van der Waals surface area (Å²) in [5, 5.41) is 129. The van der Waals surface area contributed by atoms with Crippen LogP contribution in [0.3, 0.4) is 0 Å². The summed E-state index contributed by atoms with van der Waals surface area (Å²) in [6.45, 7) is -3.77. The maximum atomic E-state index is 10.00. The number of rotatable bonds is 10. The van der Waals surface area contributed by atoms with E-state index in [0.29, 0.717) is 0 Å². The Kier molecular flexibility index (Phi) is 13.2. The summed E-state index contributed by atoms with van der Waals surface area (Å²) in [6, 6.07) is 0. The molecule has 0 aromatic heterocycles. The molecule has 2 rings (SSSR count). The average molecular weight is 524 g/mol. The standard InChI is InChI=1S/C12H22O11.C6H14O6/c13-1-4-6(16)8(18)9(19)11(21-4)23-12(3-15)10(20)7(17)5(2-14)22-12;7-1-3(9)5(11)6(12)4(10)2-8/h4-11,13-20H,1-3H2;3-12H,1-2H2/t4-,5-,6-,7-,8+,9-,10+,11-,12+;3-,4+,5-,6-/m11/s1. The van der Waals surface area contributed by atoms with E-state index >= 15 is 0 Å². The minimum absolute atomic E-state index is 0.669. The molecule has 0 aliphatic carbocycles. The lowest BCUT2D eigenvalue weighted by atomic mass is 9.99. The molecule has 2 saturated heterocycles. The van der Waals surface area contributed by atoms with Gasteiger partial charge in [-0.1, -0.05) is 0 Å². The van der Waals surface area contributed by atoms with Gasteiger partial charge in [0.15, 0.2) is 6.29 Å². The molecule has 2 fully saturated rings. The predicted octanol–water partition coefficient (Wildman–Crippen LogP) is -8.98. The molecule has 0 saturated carbocycles. The van der Waals surface area contributed by atoms with E-state index in [1.807, 2.05) is 0 Å². The lowest BCUT2D eigenvalue weighted by Crippen LogP contribution is -2.62. The monoisotopic (exact) mass is 524 g/mol. The Hall–Kier alpha value is -0.680. The van der Waals surface area contributed by atoms with Crippen LogP contribution in [0.5, 0.6) is 0 Å². The van der Waals surface area contributed by atoms with Gasteiger partial charge in [0.25, 0.3) is 0 Å². The molecule has 2 aliphatic rings. The Morgan fingerprint density at radius 2 is 1.14 bits per heavy atom. The van der Waals surface area contributed by atoms with Crippen LogP contribution < -0.4 is 0 Å². The molecule has 2 aliphatic heterocycles.